The SMILES string of the molecule is Cc1[nH]ncc1CNCc1cccc(CN2CCCC(C(N)=O)C2)c1. The number of rotatable bonds is 7. The van der Waals surface area contributed by atoms with E-state index in [4.69, 9.17) is 5.73 Å². The van der Waals surface area contributed by atoms with Gasteiger partial charge in [-0.15, -0.1) is 0 Å². The molecule has 1 saturated heterocycles. The number of H-pyrrole nitrogens is 1. The van der Waals surface area contributed by atoms with E-state index in [2.05, 4.69) is 44.7 Å². The third kappa shape index (κ3) is 4.90. The summed E-state index contributed by atoms with van der Waals surface area (Å²) in [5, 5.41) is 10.5. The summed E-state index contributed by atoms with van der Waals surface area (Å²) in [4.78, 5) is 13.8. The van der Waals surface area contributed by atoms with Crippen LogP contribution in [-0.4, -0.2) is 34.1 Å². The minimum absolute atomic E-state index is 0.00296. The molecule has 2 aromatic rings. The summed E-state index contributed by atoms with van der Waals surface area (Å²) in [5.41, 5.74) is 10.3. The van der Waals surface area contributed by atoms with E-state index in [-0.39, 0.29) is 11.8 Å². The Kier molecular flexibility index (Phi) is 5.83. The topological polar surface area (TPSA) is 87.0 Å². The van der Waals surface area contributed by atoms with E-state index >= 15 is 0 Å². The van der Waals surface area contributed by atoms with E-state index < -0.39 is 0 Å². The van der Waals surface area contributed by atoms with Crippen LogP contribution in [0.15, 0.2) is 30.5 Å². The predicted molar refractivity (Wildman–Crippen MR) is 97.5 cm³/mol. The number of nitrogens with two attached hydrogens (primary N) is 1. The van der Waals surface area contributed by atoms with Crippen molar-refractivity contribution >= 4 is 5.91 Å². The molecule has 25 heavy (non-hydrogen) atoms. The number of benzene rings is 1. The minimum atomic E-state index is -0.169. The van der Waals surface area contributed by atoms with E-state index in [0.29, 0.717) is 0 Å². The number of carbonyl (C=O) groups is 1. The maximum Gasteiger partial charge on any atom is 0.221 e. The molecule has 0 saturated carbocycles. The maximum absolute atomic E-state index is 11.4. The highest BCUT2D eigenvalue weighted by Crippen LogP contribution is 2.18. The zero-order valence-electron chi connectivity index (χ0n) is 14.8. The maximum atomic E-state index is 11.4. The van der Waals surface area contributed by atoms with E-state index in [1.54, 1.807) is 0 Å². The number of carbonyl (C=O) groups excluding carboxylic acids is 1. The zero-order chi connectivity index (χ0) is 17.6. The molecule has 1 amide bonds. The molecule has 0 radical (unpaired) electrons. The molecule has 4 N–H and O–H groups in total. The molecule has 3 rings (SSSR count). The highest BCUT2D eigenvalue weighted by Gasteiger charge is 2.23. The van der Waals surface area contributed by atoms with Crippen molar-refractivity contribution in [1.29, 1.82) is 0 Å². The Balaban J connectivity index is 1.52. The number of primary amides is 1. The smallest absolute Gasteiger partial charge is 0.221 e. The number of hydrogen-bond acceptors (Lipinski definition) is 4. The molecular formula is C19H27N5O. The Morgan fingerprint density at radius 1 is 1.40 bits per heavy atom. The molecule has 1 atom stereocenters. The van der Waals surface area contributed by atoms with Gasteiger partial charge in [-0.05, 0) is 37.4 Å². The normalized spacial score (nSPS) is 18.4. The highest BCUT2D eigenvalue weighted by atomic mass is 16.1. The number of piperidine rings is 1. The lowest BCUT2D eigenvalue weighted by atomic mass is 9.97. The molecule has 1 aromatic heterocycles. The van der Waals surface area contributed by atoms with Crippen molar-refractivity contribution in [3.63, 3.8) is 0 Å². The standard InChI is InChI=1S/C19H27N5O/c1-14-18(11-22-23-14)10-21-9-15-4-2-5-16(8-15)12-24-7-3-6-17(13-24)19(20)25/h2,4-5,8,11,17,21H,3,6-7,9-10,12-13H2,1H3,(H2,20,25)(H,22,23). The minimum Gasteiger partial charge on any atom is -0.369 e. The fraction of sp³-hybridized carbons (Fsp3) is 0.474. The number of nitrogens with one attached hydrogen (secondary N) is 2. The van der Waals surface area contributed by atoms with Gasteiger partial charge in [0.15, 0.2) is 0 Å². The number of likely N-dealkylation sites (tertiary alicyclic amines) is 1. The molecule has 1 fully saturated rings. The fourth-order valence-electron chi connectivity index (χ4n) is 3.42. The first kappa shape index (κ1) is 17.6. The van der Waals surface area contributed by atoms with Crippen LogP contribution in [0.3, 0.4) is 0 Å². The van der Waals surface area contributed by atoms with Crippen LogP contribution in [0.2, 0.25) is 0 Å². The van der Waals surface area contributed by atoms with Gasteiger partial charge in [-0.1, -0.05) is 24.3 Å². The van der Waals surface area contributed by atoms with Gasteiger partial charge in [0.1, 0.15) is 0 Å². The Morgan fingerprint density at radius 2 is 2.24 bits per heavy atom. The number of aryl methyl sites for hydroxylation is 1. The van der Waals surface area contributed by atoms with Crippen LogP contribution in [-0.2, 0) is 24.4 Å². The lowest BCUT2D eigenvalue weighted by molar-refractivity contribution is -0.123. The molecule has 0 aliphatic carbocycles. The van der Waals surface area contributed by atoms with Crippen LogP contribution in [0.4, 0.5) is 0 Å². The molecule has 134 valence electrons. The summed E-state index contributed by atoms with van der Waals surface area (Å²) < 4.78 is 0. The molecule has 6 nitrogen and oxygen atoms in total. The summed E-state index contributed by atoms with van der Waals surface area (Å²) in [7, 11) is 0. The van der Waals surface area contributed by atoms with Crippen LogP contribution in [0.25, 0.3) is 0 Å². The first-order chi connectivity index (χ1) is 12.1. The van der Waals surface area contributed by atoms with Crippen molar-refractivity contribution in [2.24, 2.45) is 11.7 Å². The van der Waals surface area contributed by atoms with E-state index in [9.17, 15) is 4.79 Å². The predicted octanol–water partition coefficient (Wildman–Crippen LogP) is 1.71. The Bertz CT molecular complexity index is 711. The lowest BCUT2D eigenvalue weighted by Crippen LogP contribution is -2.40. The number of aromatic nitrogens is 2. The van der Waals surface area contributed by atoms with Crippen molar-refractivity contribution in [2.75, 3.05) is 13.1 Å². The fourth-order valence-corrected chi connectivity index (χ4v) is 3.42. The second kappa shape index (κ2) is 8.27. The van der Waals surface area contributed by atoms with Gasteiger partial charge in [-0.3, -0.25) is 14.8 Å². The Labute approximate surface area is 148 Å². The monoisotopic (exact) mass is 341 g/mol. The molecule has 1 aromatic carbocycles. The van der Waals surface area contributed by atoms with E-state index in [0.717, 1.165) is 51.3 Å². The third-order valence-corrected chi connectivity index (χ3v) is 4.88. The van der Waals surface area contributed by atoms with Crippen LogP contribution >= 0.6 is 0 Å². The average Bonchev–Trinajstić information content (AvgIpc) is 3.01. The summed E-state index contributed by atoms with van der Waals surface area (Å²) in [5.74, 6) is -0.172. The van der Waals surface area contributed by atoms with Crippen molar-refractivity contribution < 1.29 is 4.79 Å². The van der Waals surface area contributed by atoms with Gasteiger partial charge in [0, 0.05) is 37.4 Å². The summed E-state index contributed by atoms with van der Waals surface area (Å²) in [6.07, 6.45) is 3.83. The van der Waals surface area contributed by atoms with Crippen molar-refractivity contribution in [3.05, 3.63) is 52.8 Å². The van der Waals surface area contributed by atoms with Gasteiger partial charge < -0.3 is 11.1 Å². The van der Waals surface area contributed by atoms with E-state index in [1.807, 2.05) is 13.1 Å². The lowest BCUT2D eigenvalue weighted by Gasteiger charge is -2.31. The number of aromatic amines is 1. The van der Waals surface area contributed by atoms with Gasteiger partial charge in [0.05, 0.1) is 12.1 Å². The van der Waals surface area contributed by atoms with Crippen molar-refractivity contribution in [1.82, 2.24) is 20.4 Å². The summed E-state index contributed by atoms with van der Waals surface area (Å²) in [6.45, 7) is 6.34. The number of nitrogens with zero attached hydrogens (tertiary/aromatic N) is 2. The Morgan fingerprint density at radius 3 is 3.00 bits per heavy atom. The molecule has 1 aliphatic rings. The molecule has 0 spiro atoms. The van der Waals surface area contributed by atoms with Gasteiger partial charge in [-0.25, -0.2) is 0 Å². The molecule has 6 heteroatoms. The zero-order valence-corrected chi connectivity index (χ0v) is 14.8. The van der Waals surface area contributed by atoms with Crippen LogP contribution in [0, 0.1) is 12.8 Å². The highest BCUT2D eigenvalue weighted by molar-refractivity contribution is 5.76. The summed E-state index contributed by atoms with van der Waals surface area (Å²) in [6, 6.07) is 8.63. The molecule has 1 aliphatic heterocycles. The molecule has 2 heterocycles. The molecular weight excluding hydrogens is 314 g/mol. The van der Waals surface area contributed by atoms with E-state index in [1.165, 1.54) is 16.7 Å². The molecule has 0 bridgehead atoms. The van der Waals surface area contributed by atoms with Gasteiger partial charge in [-0.2, -0.15) is 5.10 Å². The number of amides is 1. The average molecular weight is 341 g/mol. The largest absolute Gasteiger partial charge is 0.369 e. The van der Waals surface area contributed by atoms with Gasteiger partial charge in [0.2, 0.25) is 5.91 Å². The van der Waals surface area contributed by atoms with Crippen molar-refractivity contribution in [3.8, 4) is 0 Å². The quantitative estimate of drug-likeness (QED) is 0.715. The van der Waals surface area contributed by atoms with Crippen molar-refractivity contribution in [2.45, 2.75) is 39.4 Å². The molecule has 1 unspecified atom stereocenters. The third-order valence-electron chi connectivity index (χ3n) is 4.88. The van der Waals surface area contributed by atoms with Gasteiger partial charge >= 0.3 is 0 Å². The second-order valence-electron chi connectivity index (χ2n) is 6.92. The second-order valence-corrected chi connectivity index (χ2v) is 6.92. The first-order valence-electron chi connectivity index (χ1n) is 8.91. The van der Waals surface area contributed by atoms with Crippen LogP contribution < -0.4 is 11.1 Å². The van der Waals surface area contributed by atoms with Gasteiger partial charge in [0.25, 0.3) is 0 Å². The van der Waals surface area contributed by atoms with Crippen LogP contribution in [0.5, 0.6) is 0 Å². The first-order valence-corrected chi connectivity index (χ1v) is 8.91. The summed E-state index contributed by atoms with van der Waals surface area (Å²) >= 11 is 0. The Hall–Kier alpha value is -2.18. The van der Waals surface area contributed by atoms with Crippen LogP contribution in [0.1, 0.15) is 35.2 Å². The number of hydrogen-bond donors (Lipinski definition) is 3.